The van der Waals surface area contributed by atoms with Gasteiger partial charge in [-0.1, -0.05) is 115 Å². The van der Waals surface area contributed by atoms with Gasteiger partial charge in [-0.2, -0.15) is 0 Å². The van der Waals surface area contributed by atoms with Crippen LogP contribution in [0.3, 0.4) is 0 Å². The van der Waals surface area contributed by atoms with Crippen LogP contribution in [0.15, 0.2) is 36.1 Å². The number of hydrogen-bond donors (Lipinski definition) is 1. The molecule has 0 saturated carbocycles. The Morgan fingerprint density at radius 3 is 1.68 bits per heavy atom. The molecule has 0 heterocycles. The third-order valence-corrected chi connectivity index (χ3v) is 6.15. The molecular formula is C30H50O4. The Labute approximate surface area is 209 Å². The second-order valence-electron chi connectivity index (χ2n) is 9.50. The van der Waals surface area contributed by atoms with E-state index in [1.165, 1.54) is 103 Å². The third kappa shape index (κ3) is 18.5. The number of carbonyl (C=O) groups is 1. The molecule has 1 aromatic rings. The smallest absolute Gasteiger partial charge is 0.334 e. The Morgan fingerprint density at radius 1 is 0.735 bits per heavy atom. The van der Waals surface area contributed by atoms with Gasteiger partial charge in [-0.25, -0.2) is 4.79 Å². The number of esters is 1. The molecule has 0 radical (unpaired) electrons. The average molecular weight is 475 g/mol. The number of allylic oxidation sites excluding steroid dienone is 1. The minimum Gasteiger partial charge on any atom is -0.512 e. The van der Waals surface area contributed by atoms with Crippen molar-refractivity contribution in [1.82, 2.24) is 0 Å². The number of rotatable bonds is 22. The molecule has 0 aliphatic rings. The molecule has 0 bridgehead atoms. The van der Waals surface area contributed by atoms with E-state index in [-0.39, 0.29) is 5.76 Å². The molecule has 0 atom stereocenters. The lowest BCUT2D eigenvalue weighted by atomic mass is 10.0. The van der Waals surface area contributed by atoms with Crippen molar-refractivity contribution in [1.29, 1.82) is 0 Å². The second-order valence-corrected chi connectivity index (χ2v) is 9.50. The van der Waals surface area contributed by atoms with Crippen molar-refractivity contribution < 1.29 is 19.4 Å². The summed E-state index contributed by atoms with van der Waals surface area (Å²) in [6.45, 7) is 4.79. The van der Waals surface area contributed by atoms with Gasteiger partial charge in [-0.05, 0) is 31.0 Å². The topological polar surface area (TPSA) is 55.8 Å². The van der Waals surface area contributed by atoms with E-state index in [1.807, 2.05) is 24.3 Å². The summed E-state index contributed by atoms with van der Waals surface area (Å²) in [5.74, 6) is 0.329. The highest BCUT2D eigenvalue weighted by molar-refractivity contribution is 5.82. The number of unbranched alkanes of at least 4 members (excludes halogenated alkanes) is 15. The molecular weight excluding hydrogens is 424 g/mol. The zero-order valence-corrected chi connectivity index (χ0v) is 22.0. The molecule has 0 spiro atoms. The van der Waals surface area contributed by atoms with Gasteiger partial charge in [0.25, 0.3) is 0 Å². The molecule has 0 unspecified atom stereocenters. The summed E-state index contributed by atoms with van der Waals surface area (Å²) in [6, 6.07) is 7.95. The molecule has 4 heteroatoms. The van der Waals surface area contributed by atoms with Crippen molar-refractivity contribution in [2.24, 2.45) is 0 Å². The average Bonchev–Trinajstić information content (AvgIpc) is 2.81. The molecule has 194 valence electrons. The highest BCUT2D eigenvalue weighted by Crippen LogP contribution is 2.15. The highest BCUT2D eigenvalue weighted by atomic mass is 16.5. The fraction of sp³-hybridized carbons (Fsp3) is 0.700. The van der Waals surface area contributed by atoms with E-state index < -0.39 is 5.97 Å². The van der Waals surface area contributed by atoms with Gasteiger partial charge >= 0.3 is 5.97 Å². The summed E-state index contributed by atoms with van der Waals surface area (Å²) < 4.78 is 10.9. The minimum absolute atomic E-state index is 0.0455. The standard InChI is InChI=1S/C30H50O4/c1-3-4-5-6-7-8-9-10-11-12-13-14-15-16-17-18-24-33-29-21-19-28(20-22-29)23-25-34-30(32)26-27(2)31/h19-22,26,31H,3-18,23-25H2,1-2H3/b27-26-. The van der Waals surface area contributed by atoms with Crippen molar-refractivity contribution in [2.45, 2.75) is 123 Å². The number of aliphatic hydroxyl groups is 1. The van der Waals surface area contributed by atoms with Crippen molar-refractivity contribution in [3.8, 4) is 5.75 Å². The summed E-state index contributed by atoms with van der Waals surface area (Å²) in [6.07, 6.45) is 23.7. The molecule has 1 N–H and O–H groups in total. The van der Waals surface area contributed by atoms with Crippen LogP contribution in [0, 0.1) is 0 Å². The lowest BCUT2D eigenvalue weighted by molar-refractivity contribution is -0.137. The molecule has 1 rings (SSSR count). The first-order chi connectivity index (χ1) is 16.6. The monoisotopic (exact) mass is 474 g/mol. The van der Waals surface area contributed by atoms with Crippen LogP contribution < -0.4 is 4.74 Å². The molecule has 34 heavy (non-hydrogen) atoms. The summed E-state index contributed by atoms with van der Waals surface area (Å²) >= 11 is 0. The van der Waals surface area contributed by atoms with Gasteiger partial charge in [0.05, 0.1) is 25.0 Å². The quantitative estimate of drug-likeness (QED) is 0.0789. The molecule has 0 aromatic heterocycles. The Bertz CT molecular complexity index is 632. The Morgan fingerprint density at radius 2 is 1.21 bits per heavy atom. The van der Waals surface area contributed by atoms with Crippen LogP contribution in [0.5, 0.6) is 5.75 Å². The fourth-order valence-corrected chi connectivity index (χ4v) is 4.07. The lowest BCUT2D eigenvalue weighted by Crippen LogP contribution is -2.05. The molecule has 4 nitrogen and oxygen atoms in total. The van der Waals surface area contributed by atoms with Gasteiger partial charge in [0, 0.05) is 6.42 Å². The van der Waals surface area contributed by atoms with E-state index in [1.54, 1.807) is 0 Å². The van der Waals surface area contributed by atoms with E-state index in [0.29, 0.717) is 13.0 Å². The first kappa shape index (κ1) is 30.1. The summed E-state index contributed by atoms with van der Waals surface area (Å²) in [5, 5.41) is 9.03. The number of benzene rings is 1. The molecule has 0 amide bonds. The van der Waals surface area contributed by atoms with Gasteiger partial charge in [-0.3, -0.25) is 0 Å². The van der Waals surface area contributed by atoms with Gasteiger partial charge in [0.1, 0.15) is 5.75 Å². The molecule has 1 aromatic carbocycles. The van der Waals surface area contributed by atoms with Crippen molar-refractivity contribution >= 4 is 5.97 Å². The third-order valence-electron chi connectivity index (χ3n) is 6.15. The minimum atomic E-state index is -0.515. The fourth-order valence-electron chi connectivity index (χ4n) is 4.07. The van der Waals surface area contributed by atoms with Crippen LogP contribution in [0.25, 0.3) is 0 Å². The maximum atomic E-state index is 11.4. The highest BCUT2D eigenvalue weighted by Gasteiger charge is 2.01. The predicted molar refractivity (Wildman–Crippen MR) is 143 cm³/mol. The largest absolute Gasteiger partial charge is 0.512 e. The Kier molecular flexibility index (Phi) is 19.1. The van der Waals surface area contributed by atoms with Gasteiger partial charge in [0.2, 0.25) is 0 Å². The van der Waals surface area contributed by atoms with Gasteiger partial charge in [0.15, 0.2) is 0 Å². The van der Waals surface area contributed by atoms with Gasteiger partial charge < -0.3 is 14.6 Å². The Balaban J connectivity index is 1.89. The predicted octanol–water partition coefficient (Wildman–Crippen LogP) is 8.87. The normalized spacial score (nSPS) is 11.5. The van der Waals surface area contributed by atoms with Gasteiger partial charge in [-0.15, -0.1) is 0 Å². The zero-order chi connectivity index (χ0) is 24.7. The maximum Gasteiger partial charge on any atom is 0.334 e. The summed E-state index contributed by atoms with van der Waals surface area (Å²) in [5.41, 5.74) is 1.09. The first-order valence-corrected chi connectivity index (χ1v) is 13.9. The Hall–Kier alpha value is -1.97. The molecule has 0 fully saturated rings. The van der Waals surface area contributed by atoms with E-state index >= 15 is 0 Å². The van der Waals surface area contributed by atoms with E-state index in [2.05, 4.69) is 6.92 Å². The van der Waals surface area contributed by atoms with Crippen LogP contribution >= 0.6 is 0 Å². The number of hydrogen-bond acceptors (Lipinski definition) is 4. The van der Waals surface area contributed by atoms with Crippen molar-refractivity contribution in [3.63, 3.8) is 0 Å². The summed E-state index contributed by atoms with van der Waals surface area (Å²) in [7, 11) is 0. The van der Waals surface area contributed by atoms with Crippen molar-refractivity contribution in [2.75, 3.05) is 13.2 Å². The van der Waals surface area contributed by atoms with E-state index in [4.69, 9.17) is 14.6 Å². The van der Waals surface area contributed by atoms with Crippen LogP contribution in [0.1, 0.15) is 122 Å². The van der Waals surface area contributed by atoms with E-state index in [0.717, 1.165) is 30.4 Å². The first-order valence-electron chi connectivity index (χ1n) is 13.9. The second kappa shape index (κ2) is 21.6. The van der Waals surface area contributed by atoms with Crippen LogP contribution in [0.4, 0.5) is 0 Å². The SMILES string of the molecule is CCCCCCCCCCCCCCCCCCOc1ccc(CCOC(=O)/C=C(/C)O)cc1. The van der Waals surface area contributed by atoms with Crippen molar-refractivity contribution in [3.05, 3.63) is 41.7 Å². The zero-order valence-electron chi connectivity index (χ0n) is 22.0. The van der Waals surface area contributed by atoms with Crippen LogP contribution in [-0.2, 0) is 16.0 Å². The maximum absolute atomic E-state index is 11.4. The number of ether oxygens (including phenoxy) is 2. The van der Waals surface area contributed by atoms with E-state index in [9.17, 15) is 4.79 Å². The molecule has 0 aliphatic heterocycles. The lowest BCUT2D eigenvalue weighted by Gasteiger charge is -2.08. The molecule has 0 saturated heterocycles. The van der Waals surface area contributed by atoms with Crippen LogP contribution in [0.2, 0.25) is 0 Å². The number of aliphatic hydroxyl groups excluding tert-OH is 1. The number of carbonyl (C=O) groups excluding carboxylic acids is 1. The van der Waals surface area contributed by atoms with Crippen LogP contribution in [-0.4, -0.2) is 24.3 Å². The molecule has 0 aliphatic carbocycles. The summed E-state index contributed by atoms with van der Waals surface area (Å²) in [4.78, 5) is 11.4.